The van der Waals surface area contributed by atoms with Crippen LogP contribution in [-0.4, -0.2) is 72.3 Å². The topological polar surface area (TPSA) is 55.9 Å². The van der Waals surface area contributed by atoms with E-state index in [1.807, 2.05) is 42.2 Å². The van der Waals surface area contributed by atoms with Crippen molar-refractivity contribution in [3.05, 3.63) is 66.0 Å². The summed E-state index contributed by atoms with van der Waals surface area (Å²) in [6.45, 7) is 6.85. The number of nitrogens with zero attached hydrogens (tertiary/aromatic N) is 3. The molecule has 7 heteroatoms. The van der Waals surface area contributed by atoms with Gasteiger partial charge in [0.1, 0.15) is 5.82 Å². The quantitative estimate of drug-likeness (QED) is 0.724. The van der Waals surface area contributed by atoms with Crippen LogP contribution in [0.25, 0.3) is 0 Å². The van der Waals surface area contributed by atoms with Crippen molar-refractivity contribution in [3.8, 4) is 0 Å². The second-order valence-electron chi connectivity index (χ2n) is 7.50. The summed E-state index contributed by atoms with van der Waals surface area (Å²) < 4.78 is 13.2. The molecule has 0 radical (unpaired) electrons. The Morgan fingerprint density at radius 3 is 2.27 bits per heavy atom. The Hall–Kier alpha value is -2.77. The largest absolute Gasteiger partial charge is 0.338 e. The number of amides is 2. The lowest BCUT2D eigenvalue weighted by Crippen LogP contribution is -2.51. The van der Waals surface area contributed by atoms with Gasteiger partial charge in [-0.15, -0.1) is 0 Å². The van der Waals surface area contributed by atoms with E-state index in [9.17, 15) is 14.0 Å². The molecule has 6 nitrogen and oxygen atoms in total. The standard InChI is InChI=1S/C23H29FN4O2/c1-2-28(16-19-7-4-3-5-8-19)23(30)18-27-13-11-26(12-14-27)17-22(29)25-21-10-6-9-20(24)15-21/h3-10,15H,2,11-14,16-18H2,1H3,(H,25,29). The molecule has 0 bridgehead atoms. The van der Waals surface area contributed by atoms with Crippen LogP contribution in [0.5, 0.6) is 0 Å². The molecule has 1 N–H and O–H groups in total. The Labute approximate surface area is 177 Å². The maximum Gasteiger partial charge on any atom is 0.238 e. The zero-order valence-electron chi connectivity index (χ0n) is 17.4. The van der Waals surface area contributed by atoms with Crippen LogP contribution in [0.3, 0.4) is 0 Å². The molecule has 0 atom stereocenters. The number of hydrogen-bond donors (Lipinski definition) is 1. The van der Waals surface area contributed by atoms with E-state index in [2.05, 4.69) is 15.1 Å². The Kier molecular flexibility index (Phi) is 7.93. The Morgan fingerprint density at radius 2 is 1.63 bits per heavy atom. The number of piperazine rings is 1. The van der Waals surface area contributed by atoms with Crippen molar-refractivity contribution in [3.63, 3.8) is 0 Å². The molecule has 1 aliphatic heterocycles. The number of rotatable bonds is 8. The van der Waals surface area contributed by atoms with Gasteiger partial charge in [0.25, 0.3) is 0 Å². The predicted octanol–water partition coefficient (Wildman–Crippen LogP) is 2.43. The average molecular weight is 413 g/mol. The van der Waals surface area contributed by atoms with Crippen LogP contribution < -0.4 is 5.32 Å². The summed E-state index contributed by atoms with van der Waals surface area (Å²) in [4.78, 5) is 31.0. The summed E-state index contributed by atoms with van der Waals surface area (Å²) in [7, 11) is 0. The third-order valence-corrected chi connectivity index (χ3v) is 5.25. The van der Waals surface area contributed by atoms with E-state index in [0.29, 0.717) is 38.4 Å². The monoisotopic (exact) mass is 412 g/mol. The number of hydrogen-bond acceptors (Lipinski definition) is 4. The lowest BCUT2D eigenvalue weighted by molar-refractivity contribution is -0.133. The summed E-state index contributed by atoms with van der Waals surface area (Å²) in [5.74, 6) is -0.414. The van der Waals surface area contributed by atoms with Crippen molar-refractivity contribution in [1.82, 2.24) is 14.7 Å². The van der Waals surface area contributed by atoms with Crippen molar-refractivity contribution < 1.29 is 14.0 Å². The lowest BCUT2D eigenvalue weighted by atomic mass is 10.2. The lowest BCUT2D eigenvalue weighted by Gasteiger charge is -2.35. The molecule has 1 fully saturated rings. The van der Waals surface area contributed by atoms with Crippen LogP contribution in [0.15, 0.2) is 54.6 Å². The van der Waals surface area contributed by atoms with E-state index in [0.717, 1.165) is 18.7 Å². The highest BCUT2D eigenvalue weighted by Crippen LogP contribution is 2.10. The number of benzene rings is 2. The van der Waals surface area contributed by atoms with Crippen molar-refractivity contribution in [1.29, 1.82) is 0 Å². The summed E-state index contributed by atoms with van der Waals surface area (Å²) in [6, 6.07) is 15.9. The zero-order valence-corrected chi connectivity index (χ0v) is 17.4. The molecule has 0 aromatic heterocycles. The molecule has 2 aromatic carbocycles. The van der Waals surface area contributed by atoms with Crippen molar-refractivity contribution in [2.24, 2.45) is 0 Å². The number of anilines is 1. The third-order valence-electron chi connectivity index (χ3n) is 5.25. The number of likely N-dealkylation sites (N-methyl/N-ethyl adjacent to an activating group) is 1. The molecule has 2 amide bonds. The fraction of sp³-hybridized carbons (Fsp3) is 0.391. The van der Waals surface area contributed by atoms with Crippen LogP contribution in [0.4, 0.5) is 10.1 Å². The molecular formula is C23H29FN4O2. The zero-order chi connectivity index (χ0) is 21.3. The van der Waals surface area contributed by atoms with E-state index in [1.54, 1.807) is 12.1 Å². The van der Waals surface area contributed by atoms with Crippen LogP contribution in [0, 0.1) is 5.82 Å². The minimum Gasteiger partial charge on any atom is -0.338 e. The minimum absolute atomic E-state index is 0.124. The SMILES string of the molecule is CCN(Cc1ccccc1)C(=O)CN1CCN(CC(=O)Nc2cccc(F)c2)CC1. The van der Waals surface area contributed by atoms with E-state index >= 15 is 0 Å². The van der Waals surface area contributed by atoms with E-state index < -0.39 is 0 Å². The fourth-order valence-electron chi connectivity index (χ4n) is 3.55. The predicted molar refractivity (Wildman–Crippen MR) is 115 cm³/mol. The molecule has 1 saturated heterocycles. The van der Waals surface area contributed by atoms with Gasteiger partial charge in [-0.3, -0.25) is 19.4 Å². The molecule has 3 rings (SSSR count). The molecule has 0 unspecified atom stereocenters. The van der Waals surface area contributed by atoms with Gasteiger partial charge in [-0.2, -0.15) is 0 Å². The Bertz CT molecular complexity index is 838. The number of nitrogens with one attached hydrogen (secondary N) is 1. The average Bonchev–Trinajstić information content (AvgIpc) is 2.74. The van der Waals surface area contributed by atoms with Crippen molar-refractivity contribution in [2.45, 2.75) is 13.5 Å². The number of carbonyl (C=O) groups excluding carboxylic acids is 2. The van der Waals surface area contributed by atoms with Gasteiger partial charge in [-0.25, -0.2) is 4.39 Å². The van der Waals surface area contributed by atoms with Crippen molar-refractivity contribution >= 4 is 17.5 Å². The van der Waals surface area contributed by atoms with Crippen molar-refractivity contribution in [2.75, 3.05) is 51.1 Å². The van der Waals surface area contributed by atoms with Crippen LogP contribution >= 0.6 is 0 Å². The van der Waals surface area contributed by atoms with Crippen LogP contribution in [-0.2, 0) is 16.1 Å². The number of carbonyl (C=O) groups is 2. The minimum atomic E-state index is -0.375. The van der Waals surface area contributed by atoms with Gasteiger partial charge in [0.15, 0.2) is 0 Å². The molecule has 0 aliphatic carbocycles. The van der Waals surface area contributed by atoms with Gasteiger partial charge in [0, 0.05) is 45.0 Å². The summed E-state index contributed by atoms with van der Waals surface area (Å²) in [5.41, 5.74) is 1.59. The Balaban J connectivity index is 1.41. The Morgan fingerprint density at radius 1 is 0.967 bits per heavy atom. The van der Waals surface area contributed by atoms with Gasteiger partial charge < -0.3 is 10.2 Å². The molecule has 30 heavy (non-hydrogen) atoms. The maximum absolute atomic E-state index is 13.2. The van der Waals surface area contributed by atoms with E-state index in [4.69, 9.17) is 0 Å². The van der Waals surface area contributed by atoms with Gasteiger partial charge in [0.2, 0.25) is 11.8 Å². The first kappa shape index (κ1) is 21.9. The smallest absolute Gasteiger partial charge is 0.238 e. The van der Waals surface area contributed by atoms with Gasteiger partial charge in [-0.1, -0.05) is 36.4 Å². The molecular weight excluding hydrogens is 383 g/mol. The van der Waals surface area contributed by atoms with Gasteiger partial charge in [0.05, 0.1) is 13.1 Å². The highest BCUT2D eigenvalue weighted by Gasteiger charge is 2.22. The fourth-order valence-corrected chi connectivity index (χ4v) is 3.55. The maximum atomic E-state index is 13.2. The highest BCUT2D eigenvalue weighted by atomic mass is 19.1. The normalized spacial score (nSPS) is 15.0. The molecule has 2 aromatic rings. The van der Waals surface area contributed by atoms with Crippen LogP contribution in [0.2, 0.25) is 0 Å². The molecule has 1 heterocycles. The first-order valence-electron chi connectivity index (χ1n) is 10.4. The molecule has 1 aliphatic rings. The summed E-state index contributed by atoms with van der Waals surface area (Å²) >= 11 is 0. The summed E-state index contributed by atoms with van der Waals surface area (Å²) in [5, 5.41) is 2.72. The second kappa shape index (κ2) is 10.8. The second-order valence-corrected chi connectivity index (χ2v) is 7.50. The number of halogens is 1. The highest BCUT2D eigenvalue weighted by molar-refractivity contribution is 5.92. The van der Waals surface area contributed by atoms with E-state index in [-0.39, 0.29) is 24.2 Å². The molecule has 0 saturated carbocycles. The summed E-state index contributed by atoms with van der Waals surface area (Å²) in [6.07, 6.45) is 0. The van der Waals surface area contributed by atoms with E-state index in [1.165, 1.54) is 12.1 Å². The first-order valence-corrected chi connectivity index (χ1v) is 10.4. The van der Waals surface area contributed by atoms with Gasteiger partial charge in [-0.05, 0) is 30.7 Å². The molecule has 0 spiro atoms. The molecule has 160 valence electrons. The van der Waals surface area contributed by atoms with Gasteiger partial charge >= 0.3 is 0 Å². The van der Waals surface area contributed by atoms with Crippen LogP contribution in [0.1, 0.15) is 12.5 Å². The third kappa shape index (κ3) is 6.64. The first-order chi connectivity index (χ1) is 14.5.